The standard InChI is InChI=1S/C11H15FN2O2/c1-14(2)9-5-3-4-7(12)11(9)8(13)6-10(15)16/h3-5,8H,6,13H2,1-2H3,(H,15,16). The topological polar surface area (TPSA) is 66.6 Å². The van der Waals surface area contributed by atoms with Gasteiger partial charge in [0.05, 0.1) is 6.42 Å². The van der Waals surface area contributed by atoms with E-state index in [0.717, 1.165) is 0 Å². The number of carboxylic acids is 1. The van der Waals surface area contributed by atoms with Crippen molar-refractivity contribution in [1.82, 2.24) is 0 Å². The zero-order chi connectivity index (χ0) is 12.3. The molecule has 1 rings (SSSR count). The van der Waals surface area contributed by atoms with Crippen molar-refractivity contribution >= 4 is 11.7 Å². The summed E-state index contributed by atoms with van der Waals surface area (Å²) in [6, 6.07) is 3.72. The molecule has 1 aromatic carbocycles. The molecule has 0 amide bonds. The van der Waals surface area contributed by atoms with Crippen LogP contribution in [-0.2, 0) is 4.79 Å². The lowest BCUT2D eigenvalue weighted by molar-refractivity contribution is -0.137. The van der Waals surface area contributed by atoms with E-state index >= 15 is 0 Å². The lowest BCUT2D eigenvalue weighted by Crippen LogP contribution is -2.21. The summed E-state index contributed by atoms with van der Waals surface area (Å²) in [7, 11) is 3.51. The first-order chi connectivity index (χ1) is 7.43. The van der Waals surface area contributed by atoms with Crippen LogP contribution < -0.4 is 10.6 Å². The number of carboxylic acid groups (broad SMARTS) is 1. The Morgan fingerprint density at radius 3 is 2.69 bits per heavy atom. The SMILES string of the molecule is CN(C)c1cccc(F)c1C(N)CC(=O)O. The summed E-state index contributed by atoms with van der Waals surface area (Å²) in [5.74, 6) is -1.51. The molecular formula is C11H15FN2O2. The summed E-state index contributed by atoms with van der Waals surface area (Å²) < 4.78 is 13.6. The van der Waals surface area contributed by atoms with E-state index in [4.69, 9.17) is 10.8 Å². The van der Waals surface area contributed by atoms with Crippen LogP contribution in [0, 0.1) is 5.82 Å². The number of rotatable bonds is 4. The number of anilines is 1. The molecule has 3 N–H and O–H groups in total. The van der Waals surface area contributed by atoms with Crippen LogP contribution in [0.5, 0.6) is 0 Å². The number of nitrogens with zero attached hydrogens (tertiary/aromatic N) is 1. The molecule has 0 aromatic heterocycles. The van der Waals surface area contributed by atoms with Crippen LogP contribution in [0.1, 0.15) is 18.0 Å². The third-order valence-electron chi connectivity index (χ3n) is 2.28. The van der Waals surface area contributed by atoms with E-state index in [0.29, 0.717) is 5.69 Å². The third-order valence-corrected chi connectivity index (χ3v) is 2.28. The van der Waals surface area contributed by atoms with Gasteiger partial charge >= 0.3 is 5.97 Å². The lowest BCUT2D eigenvalue weighted by atomic mass is 10.0. The van der Waals surface area contributed by atoms with E-state index in [9.17, 15) is 9.18 Å². The summed E-state index contributed by atoms with van der Waals surface area (Å²) in [5, 5.41) is 8.65. The Balaban J connectivity index is 3.14. The van der Waals surface area contributed by atoms with Crippen molar-refractivity contribution < 1.29 is 14.3 Å². The van der Waals surface area contributed by atoms with Gasteiger partial charge in [-0.15, -0.1) is 0 Å². The number of carbonyl (C=O) groups is 1. The van der Waals surface area contributed by atoms with E-state index in [2.05, 4.69) is 0 Å². The average Bonchev–Trinajstić information content (AvgIpc) is 2.15. The van der Waals surface area contributed by atoms with Gasteiger partial charge in [0.25, 0.3) is 0 Å². The van der Waals surface area contributed by atoms with Crippen molar-refractivity contribution in [3.8, 4) is 0 Å². The molecule has 0 aliphatic heterocycles. The first-order valence-electron chi connectivity index (χ1n) is 4.86. The van der Waals surface area contributed by atoms with Crippen LogP contribution >= 0.6 is 0 Å². The molecule has 0 bridgehead atoms. The maximum atomic E-state index is 13.6. The van der Waals surface area contributed by atoms with Crippen molar-refractivity contribution in [2.75, 3.05) is 19.0 Å². The van der Waals surface area contributed by atoms with Crippen molar-refractivity contribution in [3.63, 3.8) is 0 Å². The predicted molar refractivity (Wildman–Crippen MR) is 59.9 cm³/mol. The molecular weight excluding hydrogens is 211 g/mol. The monoisotopic (exact) mass is 226 g/mol. The summed E-state index contributed by atoms with van der Waals surface area (Å²) in [5.41, 5.74) is 6.54. The van der Waals surface area contributed by atoms with Gasteiger partial charge in [-0.25, -0.2) is 4.39 Å². The van der Waals surface area contributed by atoms with E-state index in [1.807, 2.05) is 0 Å². The Kier molecular flexibility index (Phi) is 3.84. The largest absolute Gasteiger partial charge is 0.481 e. The molecule has 16 heavy (non-hydrogen) atoms. The quantitative estimate of drug-likeness (QED) is 0.813. The lowest BCUT2D eigenvalue weighted by Gasteiger charge is -2.21. The average molecular weight is 226 g/mol. The molecule has 0 saturated carbocycles. The molecule has 0 aliphatic carbocycles. The van der Waals surface area contributed by atoms with Gasteiger partial charge in [0, 0.05) is 31.4 Å². The molecule has 0 radical (unpaired) electrons. The minimum atomic E-state index is -1.04. The molecule has 4 nitrogen and oxygen atoms in total. The fraction of sp³-hybridized carbons (Fsp3) is 0.364. The molecule has 1 aromatic rings. The Morgan fingerprint density at radius 2 is 2.19 bits per heavy atom. The first-order valence-corrected chi connectivity index (χ1v) is 4.86. The highest BCUT2D eigenvalue weighted by Gasteiger charge is 2.19. The van der Waals surface area contributed by atoms with Gasteiger partial charge < -0.3 is 15.7 Å². The highest BCUT2D eigenvalue weighted by molar-refractivity contribution is 5.69. The minimum Gasteiger partial charge on any atom is -0.481 e. The highest BCUT2D eigenvalue weighted by atomic mass is 19.1. The smallest absolute Gasteiger partial charge is 0.305 e. The van der Waals surface area contributed by atoms with E-state index < -0.39 is 17.8 Å². The summed E-state index contributed by atoms with van der Waals surface area (Å²) in [4.78, 5) is 12.3. The van der Waals surface area contributed by atoms with E-state index in [-0.39, 0.29) is 12.0 Å². The number of benzene rings is 1. The van der Waals surface area contributed by atoms with Gasteiger partial charge in [-0.2, -0.15) is 0 Å². The van der Waals surface area contributed by atoms with Gasteiger partial charge in [0.1, 0.15) is 5.82 Å². The van der Waals surface area contributed by atoms with Gasteiger partial charge in [-0.3, -0.25) is 4.79 Å². The maximum Gasteiger partial charge on any atom is 0.305 e. The Labute approximate surface area is 93.5 Å². The van der Waals surface area contributed by atoms with Crippen LogP contribution in [0.2, 0.25) is 0 Å². The number of nitrogens with two attached hydrogens (primary N) is 1. The molecule has 88 valence electrons. The van der Waals surface area contributed by atoms with Crippen LogP contribution in [0.25, 0.3) is 0 Å². The van der Waals surface area contributed by atoms with Crippen LogP contribution in [0.3, 0.4) is 0 Å². The second-order valence-electron chi connectivity index (χ2n) is 3.77. The molecule has 0 aliphatic rings. The van der Waals surface area contributed by atoms with Crippen molar-refractivity contribution in [1.29, 1.82) is 0 Å². The maximum absolute atomic E-state index is 13.6. The van der Waals surface area contributed by atoms with Gasteiger partial charge in [-0.1, -0.05) is 6.07 Å². The van der Waals surface area contributed by atoms with Gasteiger partial charge in [0.15, 0.2) is 0 Å². The van der Waals surface area contributed by atoms with E-state index in [1.54, 1.807) is 31.1 Å². The zero-order valence-corrected chi connectivity index (χ0v) is 9.27. The molecule has 0 heterocycles. The number of halogens is 1. The zero-order valence-electron chi connectivity index (χ0n) is 9.27. The number of aliphatic carboxylic acids is 1. The Hall–Kier alpha value is -1.62. The highest BCUT2D eigenvalue weighted by Crippen LogP contribution is 2.28. The molecule has 1 unspecified atom stereocenters. The van der Waals surface area contributed by atoms with Gasteiger partial charge in [0.2, 0.25) is 0 Å². The molecule has 0 fully saturated rings. The molecule has 5 heteroatoms. The predicted octanol–water partition coefficient (Wildman–Crippen LogP) is 1.37. The minimum absolute atomic E-state index is 0.245. The van der Waals surface area contributed by atoms with E-state index in [1.165, 1.54) is 6.07 Å². The van der Waals surface area contributed by atoms with Crippen LogP contribution in [-0.4, -0.2) is 25.2 Å². The molecule has 0 spiro atoms. The Bertz CT molecular complexity index is 394. The fourth-order valence-electron chi connectivity index (χ4n) is 1.57. The van der Waals surface area contributed by atoms with Crippen molar-refractivity contribution in [2.45, 2.75) is 12.5 Å². The van der Waals surface area contributed by atoms with Crippen molar-refractivity contribution in [2.24, 2.45) is 5.73 Å². The molecule has 1 atom stereocenters. The summed E-state index contributed by atoms with van der Waals surface area (Å²) in [6.07, 6.45) is -0.290. The second-order valence-corrected chi connectivity index (χ2v) is 3.77. The first kappa shape index (κ1) is 12.4. The Morgan fingerprint density at radius 1 is 1.56 bits per heavy atom. The van der Waals surface area contributed by atoms with Crippen LogP contribution in [0.4, 0.5) is 10.1 Å². The van der Waals surface area contributed by atoms with Crippen LogP contribution in [0.15, 0.2) is 18.2 Å². The third kappa shape index (κ3) is 2.70. The normalized spacial score (nSPS) is 12.2. The number of hydrogen-bond donors (Lipinski definition) is 2. The van der Waals surface area contributed by atoms with Crippen molar-refractivity contribution in [3.05, 3.63) is 29.6 Å². The number of hydrogen-bond acceptors (Lipinski definition) is 3. The summed E-state index contributed by atoms with van der Waals surface area (Å²) >= 11 is 0. The van der Waals surface area contributed by atoms with Gasteiger partial charge in [-0.05, 0) is 12.1 Å². The second kappa shape index (κ2) is 4.94. The molecule has 0 saturated heterocycles. The fourth-order valence-corrected chi connectivity index (χ4v) is 1.57. The summed E-state index contributed by atoms with van der Waals surface area (Å²) in [6.45, 7) is 0.